The highest BCUT2D eigenvalue weighted by molar-refractivity contribution is 5.14. The summed E-state index contributed by atoms with van der Waals surface area (Å²) in [7, 11) is 0. The van der Waals surface area contributed by atoms with Gasteiger partial charge in [0.2, 0.25) is 0 Å². The van der Waals surface area contributed by atoms with Crippen LogP contribution >= 0.6 is 0 Å². The Bertz CT molecular complexity index is 310. The highest BCUT2D eigenvalue weighted by Crippen LogP contribution is 2.26. The molecule has 2 nitrogen and oxygen atoms in total. The first-order chi connectivity index (χ1) is 7.77. The zero-order chi connectivity index (χ0) is 11.4. The minimum Gasteiger partial charge on any atom is -0.307 e. The number of hydrogen-bond donors (Lipinski definition) is 1. The smallest absolute Gasteiger partial charge is 0.0295 e. The second-order valence-electron chi connectivity index (χ2n) is 5.04. The SMILES string of the molecule is CC(NC1CCCCC1C)c1ccncc1. The first-order valence-electron chi connectivity index (χ1n) is 6.43. The summed E-state index contributed by atoms with van der Waals surface area (Å²) in [6, 6.07) is 5.33. The van der Waals surface area contributed by atoms with Crippen molar-refractivity contribution in [2.24, 2.45) is 5.92 Å². The molecule has 2 rings (SSSR count). The monoisotopic (exact) mass is 218 g/mol. The minimum absolute atomic E-state index is 0.438. The number of nitrogens with one attached hydrogen (secondary N) is 1. The summed E-state index contributed by atoms with van der Waals surface area (Å²) in [5, 5.41) is 3.76. The van der Waals surface area contributed by atoms with Crippen LogP contribution in [0.1, 0.15) is 51.1 Å². The normalized spacial score (nSPS) is 27.6. The Kier molecular flexibility index (Phi) is 3.94. The summed E-state index contributed by atoms with van der Waals surface area (Å²) in [6.45, 7) is 4.62. The van der Waals surface area contributed by atoms with E-state index in [2.05, 4.69) is 36.3 Å². The average Bonchev–Trinajstić information content (AvgIpc) is 2.33. The van der Waals surface area contributed by atoms with Crippen LogP contribution in [0.5, 0.6) is 0 Å². The van der Waals surface area contributed by atoms with Crippen molar-refractivity contribution >= 4 is 0 Å². The lowest BCUT2D eigenvalue weighted by atomic mass is 9.85. The summed E-state index contributed by atoms with van der Waals surface area (Å²) in [5.74, 6) is 0.818. The van der Waals surface area contributed by atoms with Gasteiger partial charge in [0.15, 0.2) is 0 Å². The molecule has 16 heavy (non-hydrogen) atoms. The van der Waals surface area contributed by atoms with Crippen molar-refractivity contribution in [3.05, 3.63) is 30.1 Å². The lowest BCUT2D eigenvalue weighted by Gasteiger charge is -2.32. The van der Waals surface area contributed by atoms with Crippen LogP contribution in [-0.2, 0) is 0 Å². The van der Waals surface area contributed by atoms with Gasteiger partial charge in [-0.1, -0.05) is 19.8 Å². The third-order valence-corrected chi connectivity index (χ3v) is 3.78. The summed E-state index contributed by atoms with van der Waals surface area (Å²) in [5.41, 5.74) is 1.34. The van der Waals surface area contributed by atoms with Crippen molar-refractivity contribution in [2.75, 3.05) is 0 Å². The molecular weight excluding hydrogens is 196 g/mol. The van der Waals surface area contributed by atoms with Gasteiger partial charge in [0, 0.05) is 24.5 Å². The fourth-order valence-electron chi connectivity index (χ4n) is 2.63. The van der Waals surface area contributed by atoms with E-state index < -0.39 is 0 Å². The summed E-state index contributed by atoms with van der Waals surface area (Å²) < 4.78 is 0. The van der Waals surface area contributed by atoms with Gasteiger partial charge in [-0.05, 0) is 43.4 Å². The predicted molar refractivity (Wildman–Crippen MR) is 67.2 cm³/mol. The zero-order valence-corrected chi connectivity index (χ0v) is 10.3. The van der Waals surface area contributed by atoms with Crippen LogP contribution in [0.2, 0.25) is 0 Å². The lowest BCUT2D eigenvalue weighted by molar-refractivity contribution is 0.263. The van der Waals surface area contributed by atoms with Crippen LogP contribution in [0.25, 0.3) is 0 Å². The molecule has 1 aromatic rings. The van der Waals surface area contributed by atoms with Gasteiger partial charge in [-0.25, -0.2) is 0 Å². The van der Waals surface area contributed by atoms with E-state index >= 15 is 0 Å². The van der Waals surface area contributed by atoms with E-state index in [1.165, 1.54) is 31.2 Å². The third-order valence-electron chi connectivity index (χ3n) is 3.78. The van der Waals surface area contributed by atoms with E-state index in [1.807, 2.05) is 12.4 Å². The molecule has 0 saturated heterocycles. The van der Waals surface area contributed by atoms with Crippen LogP contribution in [0.4, 0.5) is 0 Å². The van der Waals surface area contributed by atoms with Gasteiger partial charge in [-0.3, -0.25) is 4.98 Å². The minimum atomic E-state index is 0.438. The van der Waals surface area contributed by atoms with Gasteiger partial charge in [-0.2, -0.15) is 0 Å². The predicted octanol–water partition coefficient (Wildman–Crippen LogP) is 3.31. The van der Waals surface area contributed by atoms with Crippen molar-refractivity contribution < 1.29 is 0 Å². The van der Waals surface area contributed by atoms with Gasteiger partial charge in [-0.15, -0.1) is 0 Å². The summed E-state index contributed by atoms with van der Waals surface area (Å²) in [6.07, 6.45) is 9.24. The Hall–Kier alpha value is -0.890. The van der Waals surface area contributed by atoms with Crippen LogP contribution in [0.15, 0.2) is 24.5 Å². The van der Waals surface area contributed by atoms with Gasteiger partial charge in [0.1, 0.15) is 0 Å². The quantitative estimate of drug-likeness (QED) is 0.842. The molecule has 1 aliphatic carbocycles. The fourth-order valence-corrected chi connectivity index (χ4v) is 2.63. The summed E-state index contributed by atoms with van der Waals surface area (Å²) in [4.78, 5) is 4.06. The Labute approximate surface area is 98.5 Å². The van der Waals surface area contributed by atoms with Gasteiger partial charge >= 0.3 is 0 Å². The van der Waals surface area contributed by atoms with Gasteiger partial charge < -0.3 is 5.32 Å². The van der Waals surface area contributed by atoms with E-state index in [0.717, 1.165) is 5.92 Å². The molecule has 0 bridgehead atoms. The lowest BCUT2D eigenvalue weighted by Crippen LogP contribution is -2.38. The highest BCUT2D eigenvalue weighted by atomic mass is 15.0. The van der Waals surface area contributed by atoms with E-state index in [4.69, 9.17) is 0 Å². The zero-order valence-electron chi connectivity index (χ0n) is 10.3. The number of nitrogens with zero attached hydrogens (tertiary/aromatic N) is 1. The summed E-state index contributed by atoms with van der Waals surface area (Å²) >= 11 is 0. The number of aromatic nitrogens is 1. The fraction of sp³-hybridized carbons (Fsp3) is 0.643. The van der Waals surface area contributed by atoms with E-state index in [9.17, 15) is 0 Å². The van der Waals surface area contributed by atoms with E-state index in [1.54, 1.807) is 0 Å². The molecule has 1 N–H and O–H groups in total. The van der Waals surface area contributed by atoms with Gasteiger partial charge in [0.25, 0.3) is 0 Å². The van der Waals surface area contributed by atoms with E-state index in [0.29, 0.717) is 12.1 Å². The molecular formula is C14H22N2. The molecule has 1 saturated carbocycles. The Morgan fingerprint density at radius 2 is 1.94 bits per heavy atom. The Balaban J connectivity index is 1.94. The van der Waals surface area contributed by atoms with Crippen LogP contribution in [0.3, 0.4) is 0 Å². The van der Waals surface area contributed by atoms with Crippen LogP contribution < -0.4 is 5.32 Å². The molecule has 1 heterocycles. The van der Waals surface area contributed by atoms with Crippen molar-refractivity contribution in [3.8, 4) is 0 Å². The van der Waals surface area contributed by atoms with Crippen molar-refractivity contribution in [1.82, 2.24) is 10.3 Å². The molecule has 1 aromatic heterocycles. The number of rotatable bonds is 3. The second-order valence-corrected chi connectivity index (χ2v) is 5.04. The van der Waals surface area contributed by atoms with E-state index in [-0.39, 0.29) is 0 Å². The molecule has 1 aliphatic rings. The standard InChI is InChI=1S/C14H22N2/c1-11-5-3-4-6-14(11)16-12(2)13-7-9-15-10-8-13/h7-12,14,16H,3-6H2,1-2H3. The number of hydrogen-bond acceptors (Lipinski definition) is 2. The first kappa shape index (κ1) is 11.6. The third kappa shape index (κ3) is 2.82. The molecule has 2 heteroatoms. The topological polar surface area (TPSA) is 24.9 Å². The molecule has 0 aliphatic heterocycles. The maximum absolute atomic E-state index is 4.06. The van der Waals surface area contributed by atoms with Crippen LogP contribution in [-0.4, -0.2) is 11.0 Å². The molecule has 0 radical (unpaired) electrons. The van der Waals surface area contributed by atoms with Crippen molar-refractivity contribution in [2.45, 2.75) is 51.6 Å². The molecule has 88 valence electrons. The Morgan fingerprint density at radius 3 is 2.62 bits per heavy atom. The maximum atomic E-state index is 4.06. The molecule has 3 unspecified atom stereocenters. The molecule has 0 amide bonds. The molecule has 0 spiro atoms. The molecule has 0 aromatic carbocycles. The maximum Gasteiger partial charge on any atom is 0.0295 e. The Morgan fingerprint density at radius 1 is 1.25 bits per heavy atom. The van der Waals surface area contributed by atoms with Crippen molar-refractivity contribution in [1.29, 1.82) is 0 Å². The highest BCUT2D eigenvalue weighted by Gasteiger charge is 2.22. The molecule has 1 fully saturated rings. The largest absolute Gasteiger partial charge is 0.307 e. The first-order valence-corrected chi connectivity index (χ1v) is 6.43. The van der Waals surface area contributed by atoms with Crippen LogP contribution in [0, 0.1) is 5.92 Å². The average molecular weight is 218 g/mol. The second kappa shape index (κ2) is 5.44. The molecule has 3 atom stereocenters. The van der Waals surface area contributed by atoms with Crippen molar-refractivity contribution in [3.63, 3.8) is 0 Å². The van der Waals surface area contributed by atoms with Gasteiger partial charge in [0.05, 0.1) is 0 Å². The number of pyridine rings is 1.